The molecule has 0 bridgehead atoms. The molecule has 0 saturated carbocycles. The first-order chi connectivity index (χ1) is 13.3. The average Bonchev–Trinajstić information content (AvgIpc) is 3.29. The van der Waals surface area contributed by atoms with Gasteiger partial charge < -0.3 is 33.9 Å². The van der Waals surface area contributed by atoms with E-state index in [0.717, 1.165) is 55.5 Å². The van der Waals surface area contributed by atoms with Crippen LogP contribution in [0.3, 0.4) is 0 Å². The van der Waals surface area contributed by atoms with Gasteiger partial charge in [0.1, 0.15) is 11.5 Å². The molecule has 2 aromatic heterocycles. The molecule has 0 aromatic carbocycles. The lowest BCUT2D eigenvalue weighted by Gasteiger charge is -2.04. The molecule has 0 radical (unpaired) electrons. The summed E-state index contributed by atoms with van der Waals surface area (Å²) in [6.45, 7) is 7.24. The van der Waals surface area contributed by atoms with E-state index in [9.17, 15) is 0 Å². The number of aryl methyl sites for hydroxylation is 1. The van der Waals surface area contributed by atoms with Gasteiger partial charge in [-0.05, 0) is 6.92 Å². The van der Waals surface area contributed by atoms with Gasteiger partial charge >= 0.3 is 0 Å². The van der Waals surface area contributed by atoms with Gasteiger partial charge in [0.25, 0.3) is 0 Å². The lowest BCUT2D eigenvalue weighted by molar-refractivity contribution is 0.0253. The van der Waals surface area contributed by atoms with Gasteiger partial charge in [0.2, 0.25) is 0 Å². The van der Waals surface area contributed by atoms with Crippen molar-refractivity contribution in [2.24, 2.45) is 0 Å². The molecule has 2 N–H and O–H groups in total. The second kappa shape index (κ2) is 13.3. The molecule has 0 unspecified atom stereocenters. The van der Waals surface area contributed by atoms with Gasteiger partial charge in [0.15, 0.2) is 5.82 Å². The average molecular weight is 382 g/mol. The van der Waals surface area contributed by atoms with Crippen molar-refractivity contribution in [1.29, 1.82) is 0 Å². The fraction of sp³-hybridized carbons (Fsp3) is 0.667. The summed E-state index contributed by atoms with van der Waals surface area (Å²) in [6.07, 6.45) is 1.53. The molecule has 2 aromatic rings. The third kappa shape index (κ3) is 9.53. The largest absolute Gasteiger partial charge is 0.382 e. The van der Waals surface area contributed by atoms with Gasteiger partial charge in [0, 0.05) is 51.7 Å². The van der Waals surface area contributed by atoms with Crippen molar-refractivity contribution in [2.75, 3.05) is 65.1 Å². The van der Waals surface area contributed by atoms with Crippen molar-refractivity contribution in [3.8, 4) is 0 Å². The third-order valence-electron chi connectivity index (χ3n) is 3.70. The summed E-state index contributed by atoms with van der Waals surface area (Å²) >= 11 is 0. The summed E-state index contributed by atoms with van der Waals surface area (Å²) < 4.78 is 26.1. The number of methoxy groups -OCH3 is 1. The Balaban J connectivity index is 1.44. The van der Waals surface area contributed by atoms with E-state index in [-0.39, 0.29) is 0 Å². The summed E-state index contributed by atoms with van der Waals surface area (Å²) in [7, 11) is 1.65. The Kier molecular flexibility index (Phi) is 10.5. The van der Waals surface area contributed by atoms with Crippen molar-refractivity contribution in [2.45, 2.75) is 19.8 Å². The molecule has 9 heteroatoms. The quantitative estimate of drug-likeness (QED) is 0.417. The smallest absolute Gasteiger partial charge is 0.169 e. The molecule has 0 spiro atoms. The fourth-order valence-electron chi connectivity index (χ4n) is 2.30. The number of ether oxygens (including phenoxy) is 3. The van der Waals surface area contributed by atoms with Gasteiger partial charge in [-0.3, -0.25) is 0 Å². The minimum atomic E-state index is 0.570. The second-order valence-electron chi connectivity index (χ2n) is 6.00. The Morgan fingerprint density at radius 3 is 2.48 bits per heavy atom. The Morgan fingerprint density at radius 2 is 1.70 bits per heavy atom. The first kappa shape index (κ1) is 21.4. The number of anilines is 1. The number of hydrogen-bond donors (Lipinski definition) is 2. The molecule has 152 valence electrons. The van der Waals surface area contributed by atoms with Crippen molar-refractivity contribution in [3.63, 3.8) is 0 Å². The highest BCUT2D eigenvalue weighted by Crippen LogP contribution is 2.06. The van der Waals surface area contributed by atoms with Crippen LogP contribution in [-0.2, 0) is 27.1 Å². The lowest BCUT2D eigenvalue weighted by Crippen LogP contribution is -2.24. The summed E-state index contributed by atoms with van der Waals surface area (Å²) in [4.78, 5) is 0. The van der Waals surface area contributed by atoms with E-state index in [2.05, 4.69) is 20.9 Å². The maximum Gasteiger partial charge on any atom is 0.169 e. The standard InChI is InChI=1S/C18H30N4O5/c1-15-13-18(22-26-15)20-7-6-19-5-3-17-14-16(21-27-17)4-8-24-11-12-25-10-9-23-2/h13-14,19H,3-12H2,1-2H3,(H,20,22). The molecule has 0 fully saturated rings. The highest BCUT2D eigenvalue weighted by Gasteiger charge is 2.04. The second-order valence-corrected chi connectivity index (χ2v) is 6.00. The van der Waals surface area contributed by atoms with E-state index < -0.39 is 0 Å². The minimum absolute atomic E-state index is 0.570. The normalized spacial score (nSPS) is 11.2. The first-order valence-electron chi connectivity index (χ1n) is 9.24. The van der Waals surface area contributed by atoms with Gasteiger partial charge in [-0.15, -0.1) is 0 Å². The third-order valence-corrected chi connectivity index (χ3v) is 3.70. The molecule has 0 saturated heterocycles. The van der Waals surface area contributed by atoms with E-state index in [0.29, 0.717) is 33.0 Å². The highest BCUT2D eigenvalue weighted by molar-refractivity contribution is 5.33. The van der Waals surface area contributed by atoms with Crippen LogP contribution in [0.2, 0.25) is 0 Å². The Morgan fingerprint density at radius 1 is 0.889 bits per heavy atom. The molecule has 0 aliphatic rings. The lowest BCUT2D eigenvalue weighted by atomic mass is 10.2. The number of nitrogens with zero attached hydrogens (tertiary/aromatic N) is 2. The highest BCUT2D eigenvalue weighted by atomic mass is 16.5. The minimum Gasteiger partial charge on any atom is -0.382 e. The predicted octanol–water partition coefficient (Wildman–Crippen LogP) is 1.44. The summed E-state index contributed by atoms with van der Waals surface area (Å²) in [5.41, 5.74) is 0.911. The number of hydrogen-bond acceptors (Lipinski definition) is 9. The predicted molar refractivity (Wildman–Crippen MR) is 100 cm³/mol. The Labute approximate surface area is 159 Å². The molecular weight excluding hydrogens is 352 g/mol. The van der Waals surface area contributed by atoms with Crippen molar-refractivity contribution in [1.82, 2.24) is 15.6 Å². The maximum atomic E-state index is 5.51. The molecule has 0 atom stereocenters. The van der Waals surface area contributed by atoms with Gasteiger partial charge in [-0.25, -0.2) is 0 Å². The fourth-order valence-corrected chi connectivity index (χ4v) is 2.30. The summed E-state index contributed by atoms with van der Waals surface area (Å²) in [5, 5.41) is 14.5. The molecule has 27 heavy (non-hydrogen) atoms. The summed E-state index contributed by atoms with van der Waals surface area (Å²) in [5.74, 6) is 2.44. The zero-order valence-corrected chi connectivity index (χ0v) is 16.2. The first-order valence-corrected chi connectivity index (χ1v) is 9.24. The van der Waals surface area contributed by atoms with E-state index in [4.69, 9.17) is 23.3 Å². The number of rotatable bonds is 16. The topological polar surface area (TPSA) is 104 Å². The van der Waals surface area contributed by atoms with Crippen molar-refractivity contribution < 1.29 is 23.3 Å². The van der Waals surface area contributed by atoms with E-state index in [1.165, 1.54) is 0 Å². The van der Waals surface area contributed by atoms with E-state index in [1.807, 2.05) is 19.1 Å². The zero-order chi connectivity index (χ0) is 19.2. The van der Waals surface area contributed by atoms with Crippen LogP contribution in [0.15, 0.2) is 21.2 Å². The van der Waals surface area contributed by atoms with Crippen LogP contribution in [0.1, 0.15) is 17.2 Å². The molecule has 2 rings (SSSR count). The molecule has 0 aliphatic heterocycles. The van der Waals surface area contributed by atoms with Crippen LogP contribution in [-0.4, -0.2) is 70.1 Å². The van der Waals surface area contributed by atoms with E-state index >= 15 is 0 Å². The van der Waals surface area contributed by atoms with Crippen LogP contribution < -0.4 is 10.6 Å². The van der Waals surface area contributed by atoms with Crippen LogP contribution in [0, 0.1) is 6.92 Å². The molecule has 0 aliphatic carbocycles. The van der Waals surface area contributed by atoms with Crippen LogP contribution >= 0.6 is 0 Å². The monoisotopic (exact) mass is 382 g/mol. The van der Waals surface area contributed by atoms with E-state index in [1.54, 1.807) is 7.11 Å². The van der Waals surface area contributed by atoms with Crippen LogP contribution in [0.25, 0.3) is 0 Å². The Hall–Kier alpha value is -1.94. The molecule has 0 amide bonds. The summed E-state index contributed by atoms with van der Waals surface area (Å²) in [6, 6.07) is 3.85. The molecular formula is C18H30N4O5. The molecule has 2 heterocycles. The van der Waals surface area contributed by atoms with Gasteiger partial charge in [0.05, 0.1) is 38.7 Å². The maximum absolute atomic E-state index is 5.51. The van der Waals surface area contributed by atoms with Gasteiger partial charge in [-0.2, -0.15) is 0 Å². The number of aromatic nitrogens is 2. The van der Waals surface area contributed by atoms with Crippen LogP contribution in [0.5, 0.6) is 0 Å². The Bertz CT molecular complexity index is 616. The van der Waals surface area contributed by atoms with Crippen molar-refractivity contribution in [3.05, 3.63) is 29.3 Å². The number of nitrogens with one attached hydrogen (secondary N) is 2. The van der Waals surface area contributed by atoms with Gasteiger partial charge in [-0.1, -0.05) is 10.3 Å². The van der Waals surface area contributed by atoms with Crippen molar-refractivity contribution >= 4 is 5.82 Å². The van der Waals surface area contributed by atoms with Crippen LogP contribution in [0.4, 0.5) is 5.82 Å². The SMILES string of the molecule is COCCOCCOCCc1cc(CCNCCNc2cc(C)on2)on1. The molecule has 9 nitrogen and oxygen atoms in total. The zero-order valence-electron chi connectivity index (χ0n) is 16.2.